The van der Waals surface area contributed by atoms with E-state index in [1.165, 1.54) is 0 Å². The van der Waals surface area contributed by atoms with Gasteiger partial charge in [-0.05, 0) is 30.7 Å². The lowest BCUT2D eigenvalue weighted by molar-refractivity contribution is -0.123. The van der Waals surface area contributed by atoms with Crippen LogP contribution >= 0.6 is 24.2 Å². The van der Waals surface area contributed by atoms with E-state index in [2.05, 4.69) is 36.4 Å². The molecule has 0 saturated carbocycles. The van der Waals surface area contributed by atoms with Crippen LogP contribution < -0.4 is 16.0 Å². The number of carbonyl (C=O) groups excluding carboxylic acids is 2. The number of amides is 3. The Hall–Kier alpha value is -1.41. The van der Waals surface area contributed by atoms with E-state index in [1.54, 1.807) is 24.3 Å². The molecule has 8 nitrogen and oxygen atoms in total. The minimum Gasteiger partial charge on any atom is -0.331 e. The third-order valence-corrected chi connectivity index (χ3v) is 3.66. The van der Waals surface area contributed by atoms with Crippen LogP contribution in [0.25, 0.3) is 0 Å². The predicted octanol–water partition coefficient (Wildman–Crippen LogP) is 2.21. The quantitative estimate of drug-likeness (QED) is 0.389. The van der Waals surface area contributed by atoms with E-state index in [4.69, 9.17) is 4.89 Å². The van der Waals surface area contributed by atoms with Crippen LogP contribution in [0.15, 0.2) is 28.7 Å². The Morgan fingerprint density at radius 2 is 2.00 bits per heavy atom. The molecule has 128 valence electrons. The number of benzene rings is 1. The van der Waals surface area contributed by atoms with Crippen molar-refractivity contribution >= 4 is 41.8 Å². The summed E-state index contributed by atoms with van der Waals surface area (Å²) in [6.07, 6.45) is 1.10. The Kier molecular flexibility index (Phi) is 8.86. The Balaban J connectivity index is 2.52. The zero-order chi connectivity index (χ0) is 17.2. The number of carbonyl (C=O) groups is 2. The van der Waals surface area contributed by atoms with Crippen LogP contribution in [0, 0.1) is 0 Å². The highest BCUT2D eigenvalue weighted by Gasteiger charge is 2.19. The lowest BCUT2D eigenvalue weighted by Crippen LogP contribution is -2.48. The minimum atomic E-state index is -3.10. The van der Waals surface area contributed by atoms with Crippen molar-refractivity contribution in [3.05, 3.63) is 28.7 Å². The highest BCUT2D eigenvalue weighted by molar-refractivity contribution is 9.10. The van der Waals surface area contributed by atoms with Crippen LogP contribution in [0.2, 0.25) is 0 Å². The van der Waals surface area contributed by atoms with Gasteiger partial charge in [0, 0.05) is 10.2 Å². The lowest BCUT2D eigenvalue weighted by atomic mass is 10.1. The summed E-state index contributed by atoms with van der Waals surface area (Å²) >= 11 is 3.29. The Bertz CT molecular complexity index is 555. The fraction of sp³-hybridized carbons (Fsp3) is 0.385. The first-order valence-corrected chi connectivity index (χ1v) is 8.94. The molecule has 3 amide bonds. The summed E-state index contributed by atoms with van der Waals surface area (Å²) in [7, 11) is -3.10. The van der Waals surface area contributed by atoms with Gasteiger partial charge in [0.05, 0.1) is 0 Å². The first-order valence-electron chi connectivity index (χ1n) is 6.89. The van der Waals surface area contributed by atoms with Crippen molar-refractivity contribution in [3.8, 4) is 0 Å². The summed E-state index contributed by atoms with van der Waals surface area (Å²) in [5, 5.41) is 7.51. The summed E-state index contributed by atoms with van der Waals surface area (Å²) in [5.41, 5.74) is 0.587. The Labute approximate surface area is 143 Å². The number of halogens is 1. The second-order valence-corrected chi connectivity index (χ2v) is 6.28. The van der Waals surface area contributed by atoms with Crippen LogP contribution in [0.3, 0.4) is 0 Å². The van der Waals surface area contributed by atoms with E-state index in [9.17, 15) is 14.2 Å². The average molecular weight is 408 g/mol. The highest BCUT2D eigenvalue weighted by Crippen LogP contribution is 2.14. The van der Waals surface area contributed by atoms with Crippen LogP contribution in [0.4, 0.5) is 10.5 Å². The van der Waals surface area contributed by atoms with Gasteiger partial charge in [0.25, 0.3) is 0 Å². The Morgan fingerprint density at radius 1 is 1.35 bits per heavy atom. The smallest absolute Gasteiger partial charge is 0.319 e. The van der Waals surface area contributed by atoms with E-state index in [-0.39, 0.29) is 6.73 Å². The van der Waals surface area contributed by atoms with Crippen molar-refractivity contribution < 1.29 is 23.6 Å². The summed E-state index contributed by atoms with van der Waals surface area (Å²) in [4.78, 5) is 32.4. The molecule has 0 bridgehead atoms. The lowest BCUT2D eigenvalue weighted by Gasteiger charge is -2.18. The molecule has 4 N–H and O–H groups in total. The number of urea groups is 1. The SMILES string of the molecule is CCC[C@H](NC(=O)Nc1ccc(Br)cc1)C(=O)NCO[PH](=O)O. The topological polar surface area (TPSA) is 117 Å². The predicted molar refractivity (Wildman–Crippen MR) is 90.3 cm³/mol. The zero-order valence-electron chi connectivity index (χ0n) is 12.5. The summed E-state index contributed by atoms with van der Waals surface area (Å²) in [6, 6.07) is 5.70. The number of nitrogens with one attached hydrogen (secondary N) is 3. The molecule has 0 heterocycles. The molecule has 0 saturated heterocycles. The van der Waals surface area contributed by atoms with Gasteiger partial charge in [0.15, 0.2) is 0 Å². The highest BCUT2D eigenvalue weighted by atomic mass is 79.9. The first kappa shape index (κ1) is 19.6. The molecule has 0 spiro atoms. The van der Waals surface area contributed by atoms with Crippen molar-refractivity contribution in [2.75, 3.05) is 12.0 Å². The third-order valence-electron chi connectivity index (χ3n) is 2.74. The molecular weight excluding hydrogens is 389 g/mol. The summed E-state index contributed by atoms with van der Waals surface area (Å²) in [5.74, 6) is -0.485. The van der Waals surface area contributed by atoms with Gasteiger partial charge in [0.2, 0.25) is 5.91 Å². The molecule has 1 rings (SSSR count). The largest absolute Gasteiger partial charge is 0.331 e. The van der Waals surface area contributed by atoms with Gasteiger partial charge in [-0.2, -0.15) is 0 Å². The van der Waals surface area contributed by atoms with Gasteiger partial charge in [-0.1, -0.05) is 29.3 Å². The van der Waals surface area contributed by atoms with Crippen molar-refractivity contribution in [3.63, 3.8) is 0 Å². The molecule has 0 aromatic heterocycles. The van der Waals surface area contributed by atoms with Gasteiger partial charge in [-0.15, -0.1) is 0 Å². The van der Waals surface area contributed by atoms with Gasteiger partial charge in [0.1, 0.15) is 12.8 Å². The molecule has 2 atom stereocenters. The summed E-state index contributed by atoms with van der Waals surface area (Å²) in [6.45, 7) is 1.49. The minimum absolute atomic E-state index is 0.386. The number of anilines is 1. The van der Waals surface area contributed by atoms with Crippen LogP contribution in [0.5, 0.6) is 0 Å². The normalized spacial score (nSPS) is 13.0. The number of hydrogen-bond acceptors (Lipinski definition) is 4. The molecule has 0 aliphatic heterocycles. The van der Waals surface area contributed by atoms with E-state index in [0.717, 1.165) is 4.47 Å². The van der Waals surface area contributed by atoms with Gasteiger partial charge in [-0.3, -0.25) is 13.9 Å². The van der Waals surface area contributed by atoms with E-state index in [1.807, 2.05) is 6.92 Å². The standard InChI is InChI=1S/C13H19BrN3O5P/c1-2-3-11(12(18)15-8-22-23(20)21)17-13(19)16-10-6-4-9(14)5-7-10/h4-7,11,23H,2-3,8H2,1H3,(H,15,18)(H,20,21)(H2,16,17,19)/t11-/m0/s1. The van der Waals surface area contributed by atoms with Crippen molar-refractivity contribution in [1.82, 2.24) is 10.6 Å². The molecule has 1 aromatic carbocycles. The molecule has 0 aliphatic rings. The van der Waals surface area contributed by atoms with E-state index < -0.39 is 26.2 Å². The molecule has 1 unspecified atom stereocenters. The van der Waals surface area contributed by atoms with Crippen molar-refractivity contribution in [2.45, 2.75) is 25.8 Å². The molecule has 23 heavy (non-hydrogen) atoms. The second-order valence-electron chi connectivity index (χ2n) is 4.54. The van der Waals surface area contributed by atoms with Gasteiger partial charge < -0.3 is 20.8 Å². The molecular formula is C13H19BrN3O5P. The van der Waals surface area contributed by atoms with Crippen LogP contribution in [-0.4, -0.2) is 29.6 Å². The molecule has 10 heteroatoms. The fourth-order valence-corrected chi connectivity index (χ4v) is 2.17. The molecule has 1 aromatic rings. The van der Waals surface area contributed by atoms with Crippen LogP contribution in [0.1, 0.15) is 19.8 Å². The zero-order valence-corrected chi connectivity index (χ0v) is 15.1. The molecule has 0 radical (unpaired) electrons. The number of rotatable bonds is 8. The van der Waals surface area contributed by atoms with Crippen molar-refractivity contribution in [2.24, 2.45) is 0 Å². The maximum absolute atomic E-state index is 11.9. The second kappa shape index (κ2) is 10.4. The maximum atomic E-state index is 11.9. The van der Waals surface area contributed by atoms with Crippen molar-refractivity contribution in [1.29, 1.82) is 0 Å². The Morgan fingerprint density at radius 3 is 2.57 bits per heavy atom. The van der Waals surface area contributed by atoms with Gasteiger partial charge in [-0.25, -0.2) is 4.79 Å². The molecule has 0 aliphatic carbocycles. The van der Waals surface area contributed by atoms with Gasteiger partial charge >= 0.3 is 14.3 Å². The van der Waals surface area contributed by atoms with E-state index in [0.29, 0.717) is 18.5 Å². The fourth-order valence-electron chi connectivity index (χ4n) is 1.71. The molecule has 0 fully saturated rings. The average Bonchev–Trinajstić information content (AvgIpc) is 2.48. The third kappa shape index (κ3) is 8.13. The van der Waals surface area contributed by atoms with Crippen LogP contribution in [-0.2, 0) is 13.9 Å². The van der Waals surface area contributed by atoms with E-state index >= 15 is 0 Å². The first-order chi connectivity index (χ1) is 10.9. The summed E-state index contributed by atoms with van der Waals surface area (Å²) < 4.78 is 15.7. The maximum Gasteiger partial charge on any atom is 0.319 e. The monoisotopic (exact) mass is 407 g/mol. The number of hydrogen-bond donors (Lipinski definition) is 4.